The summed E-state index contributed by atoms with van der Waals surface area (Å²) in [5.41, 5.74) is 11.8. The Morgan fingerprint density at radius 3 is 2.35 bits per heavy atom. The molecule has 1 aliphatic carbocycles. The smallest absolute Gasteiger partial charge is 0.00430 e. The zero-order valence-electron chi connectivity index (χ0n) is 11.4. The average Bonchev–Trinajstić information content (AvgIpc) is 2.34. The highest BCUT2D eigenvalue weighted by Crippen LogP contribution is 2.39. The lowest BCUT2D eigenvalue weighted by Crippen LogP contribution is -2.25. The fourth-order valence-electron chi connectivity index (χ4n) is 3.28. The molecule has 0 aliphatic heterocycles. The minimum absolute atomic E-state index is 0.699. The van der Waals surface area contributed by atoms with E-state index in [1.54, 1.807) is 5.56 Å². The van der Waals surface area contributed by atoms with Crippen LogP contribution in [0.5, 0.6) is 0 Å². The van der Waals surface area contributed by atoms with E-state index >= 15 is 0 Å². The molecule has 0 spiro atoms. The van der Waals surface area contributed by atoms with Gasteiger partial charge in [-0.25, -0.2) is 0 Å². The fourth-order valence-corrected chi connectivity index (χ4v) is 3.28. The third kappa shape index (κ3) is 2.55. The Kier molecular flexibility index (Phi) is 3.88. The van der Waals surface area contributed by atoms with Gasteiger partial charge in [-0.05, 0) is 74.2 Å². The van der Waals surface area contributed by atoms with Crippen molar-refractivity contribution in [2.24, 2.45) is 11.7 Å². The molecule has 0 saturated heterocycles. The summed E-state index contributed by atoms with van der Waals surface area (Å²) in [6, 6.07) is 4.75. The first-order valence-corrected chi connectivity index (χ1v) is 6.91. The molecule has 94 valence electrons. The molecule has 0 aromatic heterocycles. The highest BCUT2D eigenvalue weighted by Gasteiger charge is 2.26. The quantitative estimate of drug-likeness (QED) is 0.822. The minimum Gasteiger partial charge on any atom is -0.330 e. The molecular weight excluding hydrogens is 206 g/mol. The molecule has 2 N–H and O–H groups in total. The SMILES string of the molecule is Cc1cc(C)c(C2CCCCC2CN)cc1C. The van der Waals surface area contributed by atoms with Crippen molar-refractivity contribution in [2.45, 2.75) is 52.4 Å². The number of hydrogen-bond acceptors (Lipinski definition) is 1. The lowest BCUT2D eigenvalue weighted by molar-refractivity contribution is 0.313. The number of rotatable bonds is 2. The van der Waals surface area contributed by atoms with Gasteiger partial charge in [0.2, 0.25) is 0 Å². The fraction of sp³-hybridized carbons (Fsp3) is 0.625. The van der Waals surface area contributed by atoms with Gasteiger partial charge in [0, 0.05) is 0 Å². The van der Waals surface area contributed by atoms with Crippen LogP contribution in [0.3, 0.4) is 0 Å². The van der Waals surface area contributed by atoms with Crippen LogP contribution in [0.4, 0.5) is 0 Å². The number of aryl methyl sites for hydroxylation is 3. The van der Waals surface area contributed by atoms with Crippen LogP contribution in [-0.4, -0.2) is 6.54 Å². The van der Waals surface area contributed by atoms with Crippen molar-refractivity contribution in [3.8, 4) is 0 Å². The van der Waals surface area contributed by atoms with Crippen LogP contribution < -0.4 is 5.73 Å². The zero-order chi connectivity index (χ0) is 12.4. The van der Waals surface area contributed by atoms with Crippen LogP contribution >= 0.6 is 0 Å². The van der Waals surface area contributed by atoms with Crippen LogP contribution in [0.25, 0.3) is 0 Å². The maximum atomic E-state index is 5.95. The van der Waals surface area contributed by atoms with Gasteiger partial charge in [-0.2, -0.15) is 0 Å². The van der Waals surface area contributed by atoms with Gasteiger partial charge in [-0.1, -0.05) is 25.0 Å². The van der Waals surface area contributed by atoms with Gasteiger partial charge >= 0.3 is 0 Å². The van der Waals surface area contributed by atoms with Gasteiger partial charge in [-0.3, -0.25) is 0 Å². The first-order valence-electron chi connectivity index (χ1n) is 6.91. The van der Waals surface area contributed by atoms with E-state index in [0.717, 1.165) is 6.54 Å². The Hall–Kier alpha value is -0.820. The summed E-state index contributed by atoms with van der Waals surface area (Å²) in [5.74, 6) is 1.40. The molecule has 0 amide bonds. The van der Waals surface area contributed by atoms with Crippen molar-refractivity contribution in [1.29, 1.82) is 0 Å². The summed E-state index contributed by atoms with van der Waals surface area (Å²) in [7, 11) is 0. The van der Waals surface area contributed by atoms with Crippen molar-refractivity contribution in [1.82, 2.24) is 0 Å². The van der Waals surface area contributed by atoms with E-state index in [4.69, 9.17) is 5.73 Å². The maximum Gasteiger partial charge on any atom is -0.00430 e. The van der Waals surface area contributed by atoms with Crippen molar-refractivity contribution < 1.29 is 0 Å². The molecule has 17 heavy (non-hydrogen) atoms. The second-order valence-electron chi connectivity index (χ2n) is 5.68. The normalized spacial score (nSPS) is 24.9. The average molecular weight is 231 g/mol. The van der Waals surface area contributed by atoms with Crippen molar-refractivity contribution in [2.75, 3.05) is 6.54 Å². The van der Waals surface area contributed by atoms with E-state index in [0.29, 0.717) is 11.8 Å². The molecule has 1 saturated carbocycles. The van der Waals surface area contributed by atoms with Crippen LogP contribution in [-0.2, 0) is 0 Å². The molecule has 2 atom stereocenters. The van der Waals surface area contributed by atoms with E-state index in [9.17, 15) is 0 Å². The maximum absolute atomic E-state index is 5.95. The first kappa shape index (κ1) is 12.6. The number of hydrogen-bond donors (Lipinski definition) is 1. The lowest BCUT2D eigenvalue weighted by atomic mass is 9.74. The molecular formula is C16H25N. The van der Waals surface area contributed by atoms with E-state index in [1.807, 2.05) is 0 Å². The minimum atomic E-state index is 0.699. The molecule has 1 aromatic carbocycles. The van der Waals surface area contributed by atoms with Gasteiger partial charge < -0.3 is 5.73 Å². The Morgan fingerprint density at radius 2 is 1.65 bits per heavy atom. The van der Waals surface area contributed by atoms with Crippen LogP contribution in [0.15, 0.2) is 12.1 Å². The standard InChI is InChI=1S/C16H25N/c1-11-8-13(3)16(9-12(11)2)15-7-5-4-6-14(15)10-17/h8-9,14-15H,4-7,10,17H2,1-3H3. The largest absolute Gasteiger partial charge is 0.330 e. The predicted octanol–water partition coefficient (Wildman–Crippen LogP) is 3.84. The highest BCUT2D eigenvalue weighted by atomic mass is 14.6. The summed E-state index contributed by atoms with van der Waals surface area (Å²) < 4.78 is 0. The van der Waals surface area contributed by atoms with Gasteiger partial charge in [0.25, 0.3) is 0 Å². The van der Waals surface area contributed by atoms with Gasteiger partial charge in [-0.15, -0.1) is 0 Å². The second-order valence-corrected chi connectivity index (χ2v) is 5.68. The Bertz CT molecular complexity index is 395. The monoisotopic (exact) mass is 231 g/mol. The lowest BCUT2D eigenvalue weighted by Gasteiger charge is -2.32. The molecule has 2 rings (SSSR count). The number of benzene rings is 1. The van der Waals surface area contributed by atoms with Crippen LogP contribution in [0.1, 0.15) is 53.9 Å². The molecule has 1 aliphatic rings. The molecule has 1 heteroatoms. The van der Waals surface area contributed by atoms with Crippen LogP contribution in [0, 0.1) is 26.7 Å². The summed E-state index contributed by atoms with van der Waals surface area (Å²) in [4.78, 5) is 0. The molecule has 1 aromatic rings. The van der Waals surface area contributed by atoms with Crippen molar-refractivity contribution in [3.63, 3.8) is 0 Å². The number of nitrogens with two attached hydrogens (primary N) is 1. The van der Waals surface area contributed by atoms with Crippen LogP contribution in [0.2, 0.25) is 0 Å². The Labute approximate surface area is 105 Å². The zero-order valence-corrected chi connectivity index (χ0v) is 11.4. The second kappa shape index (κ2) is 5.22. The van der Waals surface area contributed by atoms with Gasteiger partial charge in [0.05, 0.1) is 0 Å². The first-order chi connectivity index (χ1) is 8.13. The molecule has 0 bridgehead atoms. The topological polar surface area (TPSA) is 26.0 Å². The van der Waals surface area contributed by atoms with E-state index in [1.165, 1.54) is 42.4 Å². The summed E-state index contributed by atoms with van der Waals surface area (Å²) in [6.45, 7) is 7.52. The third-order valence-corrected chi connectivity index (χ3v) is 4.49. The Balaban J connectivity index is 2.34. The van der Waals surface area contributed by atoms with Gasteiger partial charge in [0.1, 0.15) is 0 Å². The summed E-state index contributed by atoms with van der Waals surface area (Å²) in [6.07, 6.45) is 5.37. The molecule has 1 fully saturated rings. The van der Waals surface area contributed by atoms with E-state index in [2.05, 4.69) is 32.9 Å². The van der Waals surface area contributed by atoms with E-state index < -0.39 is 0 Å². The summed E-state index contributed by atoms with van der Waals surface area (Å²) >= 11 is 0. The summed E-state index contributed by atoms with van der Waals surface area (Å²) in [5, 5.41) is 0. The predicted molar refractivity (Wildman–Crippen MR) is 74.4 cm³/mol. The molecule has 0 radical (unpaired) electrons. The van der Waals surface area contributed by atoms with Gasteiger partial charge in [0.15, 0.2) is 0 Å². The third-order valence-electron chi connectivity index (χ3n) is 4.49. The van der Waals surface area contributed by atoms with Crippen molar-refractivity contribution in [3.05, 3.63) is 34.4 Å². The highest BCUT2D eigenvalue weighted by molar-refractivity contribution is 5.39. The van der Waals surface area contributed by atoms with E-state index in [-0.39, 0.29) is 0 Å². The molecule has 1 nitrogen and oxygen atoms in total. The molecule has 2 unspecified atom stereocenters. The van der Waals surface area contributed by atoms with Crippen molar-refractivity contribution >= 4 is 0 Å². The molecule has 0 heterocycles. The Morgan fingerprint density at radius 1 is 1.00 bits per heavy atom.